The van der Waals surface area contributed by atoms with Crippen LogP contribution in [0.5, 0.6) is 11.5 Å². The van der Waals surface area contributed by atoms with Gasteiger partial charge in [0, 0.05) is 5.75 Å². The molecular formula is C18H20N2O6S. The van der Waals surface area contributed by atoms with Crippen LogP contribution in [0.4, 0.5) is 0 Å². The lowest BCUT2D eigenvalue weighted by Crippen LogP contribution is -2.70. The Labute approximate surface area is 160 Å². The number of benzene rings is 1. The molecule has 9 heteroatoms. The Morgan fingerprint density at radius 3 is 2.52 bits per heavy atom. The number of hydrogen-bond acceptors (Lipinski definition) is 7. The normalized spacial score (nSPS) is 21.1. The third-order valence-corrected chi connectivity index (χ3v) is 5.71. The lowest BCUT2D eigenvalue weighted by Gasteiger charge is -2.49. The fourth-order valence-corrected chi connectivity index (χ4v) is 4.19. The summed E-state index contributed by atoms with van der Waals surface area (Å²) in [5.74, 6) is 0.518. The number of rotatable bonds is 6. The van der Waals surface area contributed by atoms with Crippen molar-refractivity contribution >= 4 is 29.5 Å². The van der Waals surface area contributed by atoms with E-state index in [1.54, 1.807) is 38.3 Å². The molecule has 0 spiro atoms. The van der Waals surface area contributed by atoms with E-state index in [0.29, 0.717) is 17.3 Å². The number of carbonyl (C=O) groups is 3. The Hall–Kier alpha value is -2.68. The zero-order chi connectivity index (χ0) is 19.6. The Bertz CT molecular complexity index is 792. The number of β-lactam (4-membered cyclic amide) rings is 1. The Morgan fingerprint density at radius 2 is 1.89 bits per heavy atom. The summed E-state index contributed by atoms with van der Waals surface area (Å²) in [6.07, 6.45) is 0. The number of carbonyl (C=O) groups excluding carboxylic acids is 3. The lowest BCUT2D eigenvalue weighted by molar-refractivity contribution is -0.152. The predicted molar refractivity (Wildman–Crippen MR) is 98.2 cm³/mol. The summed E-state index contributed by atoms with van der Waals surface area (Å²) >= 11 is 1.50. The Kier molecular flexibility index (Phi) is 5.59. The summed E-state index contributed by atoms with van der Waals surface area (Å²) < 4.78 is 15.2. The van der Waals surface area contributed by atoms with Crippen molar-refractivity contribution in [1.82, 2.24) is 10.2 Å². The second-order valence-corrected chi connectivity index (χ2v) is 7.14. The Balaban J connectivity index is 1.57. The number of thioether (sulfide) groups is 1. The molecule has 1 N–H and O–H groups in total. The van der Waals surface area contributed by atoms with Gasteiger partial charge in [-0.15, -0.1) is 11.8 Å². The van der Waals surface area contributed by atoms with E-state index in [0.717, 1.165) is 5.57 Å². The molecule has 0 bridgehead atoms. The SMILES string of the molecule is COC(=O)C1=C(C)CS[C@@H]2[C@H](NC(=O)COc3ccc(OC)cc3)C(=O)N12. The molecule has 1 aromatic carbocycles. The number of esters is 1. The van der Waals surface area contributed by atoms with Crippen molar-refractivity contribution in [1.29, 1.82) is 0 Å². The van der Waals surface area contributed by atoms with Crippen molar-refractivity contribution in [3.05, 3.63) is 35.5 Å². The summed E-state index contributed by atoms with van der Waals surface area (Å²) in [5.41, 5.74) is 1.05. The number of hydrogen-bond donors (Lipinski definition) is 1. The first-order valence-electron chi connectivity index (χ1n) is 8.25. The van der Waals surface area contributed by atoms with Gasteiger partial charge < -0.3 is 19.5 Å². The summed E-state index contributed by atoms with van der Waals surface area (Å²) in [7, 11) is 2.84. The highest BCUT2D eigenvalue weighted by molar-refractivity contribution is 8.00. The minimum absolute atomic E-state index is 0.216. The minimum Gasteiger partial charge on any atom is -0.497 e. The molecule has 0 saturated carbocycles. The monoisotopic (exact) mass is 392 g/mol. The van der Waals surface area contributed by atoms with E-state index in [-0.39, 0.29) is 23.6 Å². The van der Waals surface area contributed by atoms with Gasteiger partial charge in [-0.05, 0) is 36.8 Å². The molecule has 0 unspecified atom stereocenters. The van der Waals surface area contributed by atoms with Gasteiger partial charge in [-0.25, -0.2) is 4.79 Å². The van der Waals surface area contributed by atoms with Gasteiger partial charge in [0.15, 0.2) is 6.61 Å². The summed E-state index contributed by atoms with van der Waals surface area (Å²) in [6, 6.07) is 6.14. The molecule has 144 valence electrons. The van der Waals surface area contributed by atoms with Crippen molar-refractivity contribution in [2.24, 2.45) is 0 Å². The van der Waals surface area contributed by atoms with Crippen molar-refractivity contribution < 1.29 is 28.6 Å². The molecule has 2 heterocycles. The highest BCUT2D eigenvalue weighted by Gasteiger charge is 2.53. The van der Waals surface area contributed by atoms with Crippen LogP contribution in [0.1, 0.15) is 6.92 Å². The highest BCUT2D eigenvalue weighted by Crippen LogP contribution is 2.40. The average molecular weight is 392 g/mol. The van der Waals surface area contributed by atoms with E-state index in [4.69, 9.17) is 14.2 Å². The molecule has 2 aliphatic heterocycles. The molecule has 2 atom stereocenters. The number of fused-ring (bicyclic) bond motifs is 1. The van der Waals surface area contributed by atoms with Gasteiger partial charge >= 0.3 is 5.97 Å². The van der Waals surface area contributed by atoms with Crippen molar-refractivity contribution in [2.45, 2.75) is 18.3 Å². The van der Waals surface area contributed by atoms with Gasteiger partial charge in [0.2, 0.25) is 0 Å². The van der Waals surface area contributed by atoms with E-state index in [2.05, 4.69) is 5.32 Å². The summed E-state index contributed by atoms with van der Waals surface area (Å²) in [6.45, 7) is 1.57. The van der Waals surface area contributed by atoms with Crippen LogP contribution < -0.4 is 14.8 Å². The summed E-state index contributed by atoms with van der Waals surface area (Å²) in [4.78, 5) is 37.9. The maximum absolute atomic E-state index is 12.5. The summed E-state index contributed by atoms with van der Waals surface area (Å²) in [5, 5.41) is 2.36. The van der Waals surface area contributed by atoms with E-state index >= 15 is 0 Å². The number of nitrogens with one attached hydrogen (secondary N) is 1. The minimum atomic E-state index is -0.685. The van der Waals surface area contributed by atoms with Gasteiger partial charge in [-0.3, -0.25) is 14.5 Å². The highest BCUT2D eigenvalue weighted by atomic mass is 32.2. The van der Waals surface area contributed by atoms with Gasteiger partial charge in [0.05, 0.1) is 14.2 Å². The van der Waals surface area contributed by atoms with Crippen LogP contribution in [0, 0.1) is 0 Å². The van der Waals surface area contributed by atoms with E-state index in [9.17, 15) is 14.4 Å². The van der Waals surface area contributed by atoms with Gasteiger partial charge in [-0.1, -0.05) is 0 Å². The second kappa shape index (κ2) is 7.91. The first-order valence-corrected chi connectivity index (χ1v) is 9.30. The third-order valence-electron chi connectivity index (χ3n) is 4.28. The van der Waals surface area contributed by atoms with Gasteiger partial charge in [-0.2, -0.15) is 0 Å². The maximum atomic E-state index is 12.5. The maximum Gasteiger partial charge on any atom is 0.354 e. The topological polar surface area (TPSA) is 94.2 Å². The van der Waals surface area contributed by atoms with E-state index < -0.39 is 17.9 Å². The molecule has 1 saturated heterocycles. The zero-order valence-electron chi connectivity index (χ0n) is 15.2. The molecule has 8 nitrogen and oxygen atoms in total. The first kappa shape index (κ1) is 19.1. The molecule has 0 aliphatic carbocycles. The average Bonchev–Trinajstić information content (AvgIpc) is 2.70. The molecule has 2 aliphatic rings. The van der Waals surface area contributed by atoms with Crippen LogP contribution >= 0.6 is 11.8 Å². The van der Waals surface area contributed by atoms with Crippen LogP contribution in [0.3, 0.4) is 0 Å². The van der Waals surface area contributed by atoms with Crippen LogP contribution in [0.15, 0.2) is 35.5 Å². The standard InChI is InChI=1S/C18H20N2O6S/c1-10-9-27-17-14(16(22)20(17)15(10)18(23)25-3)19-13(21)8-26-12-6-4-11(24-2)5-7-12/h4-7,14,17H,8-9H2,1-3H3,(H,19,21)/t14-,17-/m1/s1. The fourth-order valence-electron chi connectivity index (χ4n) is 2.89. The van der Waals surface area contributed by atoms with E-state index in [1.807, 2.05) is 0 Å². The molecule has 1 aromatic rings. The van der Waals surface area contributed by atoms with Crippen LogP contribution in [-0.2, 0) is 19.1 Å². The first-order chi connectivity index (χ1) is 13.0. The molecule has 3 rings (SSSR count). The number of ether oxygens (including phenoxy) is 3. The molecule has 27 heavy (non-hydrogen) atoms. The Morgan fingerprint density at radius 1 is 1.22 bits per heavy atom. The second-order valence-electron chi connectivity index (χ2n) is 6.04. The van der Waals surface area contributed by atoms with Crippen LogP contribution in [0.25, 0.3) is 0 Å². The third kappa shape index (κ3) is 3.73. The van der Waals surface area contributed by atoms with Crippen molar-refractivity contribution in [2.75, 3.05) is 26.6 Å². The molecule has 2 amide bonds. The largest absolute Gasteiger partial charge is 0.497 e. The number of methoxy groups -OCH3 is 2. The number of amides is 2. The van der Waals surface area contributed by atoms with Crippen LogP contribution in [0.2, 0.25) is 0 Å². The smallest absolute Gasteiger partial charge is 0.354 e. The fraction of sp³-hybridized carbons (Fsp3) is 0.389. The van der Waals surface area contributed by atoms with Crippen molar-refractivity contribution in [3.8, 4) is 11.5 Å². The molecule has 1 fully saturated rings. The molecule has 0 aromatic heterocycles. The van der Waals surface area contributed by atoms with Gasteiger partial charge in [0.25, 0.3) is 11.8 Å². The van der Waals surface area contributed by atoms with Crippen molar-refractivity contribution in [3.63, 3.8) is 0 Å². The number of nitrogens with zero attached hydrogens (tertiary/aromatic N) is 1. The van der Waals surface area contributed by atoms with E-state index in [1.165, 1.54) is 23.8 Å². The lowest BCUT2D eigenvalue weighted by atomic mass is 10.0. The molecule has 0 radical (unpaired) electrons. The zero-order valence-corrected chi connectivity index (χ0v) is 16.0. The van der Waals surface area contributed by atoms with Crippen LogP contribution in [-0.4, -0.2) is 60.7 Å². The predicted octanol–water partition coefficient (Wildman–Crippen LogP) is 0.921. The molecular weight excluding hydrogens is 372 g/mol. The quantitative estimate of drug-likeness (QED) is 0.568. The van der Waals surface area contributed by atoms with Gasteiger partial charge in [0.1, 0.15) is 28.6 Å².